The summed E-state index contributed by atoms with van der Waals surface area (Å²) in [5.41, 5.74) is 1.79. The molecule has 2 fully saturated rings. The second-order valence-electron chi connectivity index (χ2n) is 10.4. The van der Waals surface area contributed by atoms with Crippen LogP contribution in [0, 0.1) is 5.92 Å². The first-order valence-electron chi connectivity index (χ1n) is 12.4. The SMILES string of the molecule is CC(C)(C)OC(O)NCc1ccc(CN[C@H](C(=O)OC2CCCC2)C2CCCCC2)cc1. The first-order chi connectivity index (χ1) is 15.3. The van der Waals surface area contributed by atoms with Crippen molar-refractivity contribution < 1.29 is 19.4 Å². The fourth-order valence-corrected chi connectivity index (χ4v) is 4.74. The topological polar surface area (TPSA) is 79.8 Å². The Morgan fingerprint density at radius 3 is 2.03 bits per heavy atom. The summed E-state index contributed by atoms with van der Waals surface area (Å²) in [6, 6.07) is 8.00. The number of nitrogens with one attached hydrogen (secondary N) is 2. The van der Waals surface area contributed by atoms with E-state index in [1.54, 1.807) is 0 Å². The Hall–Kier alpha value is -1.47. The second kappa shape index (κ2) is 12.1. The van der Waals surface area contributed by atoms with Gasteiger partial charge in [0.1, 0.15) is 12.1 Å². The first-order valence-corrected chi connectivity index (χ1v) is 12.4. The molecule has 0 bridgehead atoms. The monoisotopic (exact) mass is 446 g/mol. The molecule has 0 spiro atoms. The third kappa shape index (κ3) is 8.47. The molecule has 1 aromatic carbocycles. The molecule has 3 rings (SSSR count). The van der Waals surface area contributed by atoms with Crippen molar-refractivity contribution in [2.24, 2.45) is 5.92 Å². The molecule has 2 aliphatic carbocycles. The summed E-state index contributed by atoms with van der Waals surface area (Å²) in [6.45, 7) is 6.88. The molecule has 6 nitrogen and oxygen atoms in total. The predicted molar refractivity (Wildman–Crippen MR) is 126 cm³/mol. The minimum atomic E-state index is -1.00. The van der Waals surface area contributed by atoms with E-state index < -0.39 is 12.0 Å². The van der Waals surface area contributed by atoms with Crippen molar-refractivity contribution in [3.63, 3.8) is 0 Å². The molecule has 0 amide bonds. The fourth-order valence-electron chi connectivity index (χ4n) is 4.74. The molecule has 32 heavy (non-hydrogen) atoms. The lowest BCUT2D eigenvalue weighted by molar-refractivity contribution is -0.182. The zero-order valence-electron chi connectivity index (χ0n) is 20.1. The largest absolute Gasteiger partial charge is 0.461 e. The number of carbonyl (C=O) groups is 1. The molecule has 2 atom stereocenters. The number of aliphatic hydroxyl groups excluding tert-OH is 1. The number of esters is 1. The highest BCUT2D eigenvalue weighted by Gasteiger charge is 2.32. The molecule has 0 heterocycles. The standard InChI is InChI=1S/C26H42N2O4/c1-26(2,3)32-25(30)28-18-20-15-13-19(14-16-20)17-27-23(21-9-5-4-6-10-21)24(29)31-22-11-7-8-12-22/h13-16,21-23,25,27-28,30H,4-12,17-18H2,1-3H3/t23-,25?/m0/s1. The number of aliphatic hydroxyl groups is 1. The quantitative estimate of drug-likeness (QED) is 0.365. The highest BCUT2D eigenvalue weighted by Crippen LogP contribution is 2.29. The van der Waals surface area contributed by atoms with Gasteiger partial charge in [0.2, 0.25) is 6.41 Å². The lowest BCUT2D eigenvalue weighted by atomic mass is 9.83. The van der Waals surface area contributed by atoms with Crippen LogP contribution >= 0.6 is 0 Å². The Labute approximate surface area is 193 Å². The summed E-state index contributed by atoms with van der Waals surface area (Å²) < 4.78 is 11.3. The van der Waals surface area contributed by atoms with Crippen LogP contribution in [0.4, 0.5) is 0 Å². The van der Waals surface area contributed by atoms with Crippen LogP contribution in [0.5, 0.6) is 0 Å². The van der Waals surface area contributed by atoms with E-state index in [-0.39, 0.29) is 18.1 Å². The van der Waals surface area contributed by atoms with Crippen LogP contribution in [0.2, 0.25) is 0 Å². The molecule has 6 heteroatoms. The van der Waals surface area contributed by atoms with E-state index in [4.69, 9.17) is 9.47 Å². The number of carbonyl (C=O) groups excluding carboxylic acids is 1. The molecule has 0 radical (unpaired) electrons. The number of hydrogen-bond donors (Lipinski definition) is 3. The minimum absolute atomic E-state index is 0.0579. The Kier molecular flexibility index (Phi) is 9.53. The van der Waals surface area contributed by atoms with E-state index in [1.807, 2.05) is 32.9 Å². The van der Waals surface area contributed by atoms with E-state index in [0.717, 1.165) is 36.8 Å². The zero-order valence-corrected chi connectivity index (χ0v) is 20.1. The van der Waals surface area contributed by atoms with Crippen molar-refractivity contribution in [3.8, 4) is 0 Å². The summed E-state index contributed by atoms with van der Waals surface area (Å²) in [4.78, 5) is 13.0. The molecule has 0 saturated heterocycles. The molecular weight excluding hydrogens is 404 g/mol. The summed E-state index contributed by atoms with van der Waals surface area (Å²) in [6.07, 6.45) is 9.33. The van der Waals surface area contributed by atoms with Gasteiger partial charge in [-0.1, -0.05) is 43.5 Å². The lowest BCUT2D eigenvalue weighted by Gasteiger charge is -2.30. The Morgan fingerprint density at radius 1 is 0.938 bits per heavy atom. The van der Waals surface area contributed by atoms with Crippen LogP contribution in [-0.2, 0) is 27.4 Å². The van der Waals surface area contributed by atoms with E-state index in [0.29, 0.717) is 19.0 Å². The summed E-state index contributed by atoms with van der Waals surface area (Å²) in [5, 5.41) is 16.4. The number of rotatable bonds is 10. The van der Waals surface area contributed by atoms with Crippen LogP contribution < -0.4 is 10.6 Å². The number of hydrogen-bond acceptors (Lipinski definition) is 6. The smallest absolute Gasteiger partial charge is 0.323 e. The van der Waals surface area contributed by atoms with Crippen LogP contribution in [0.25, 0.3) is 0 Å². The molecule has 2 saturated carbocycles. The third-order valence-corrected chi connectivity index (χ3v) is 6.46. The van der Waals surface area contributed by atoms with Crippen LogP contribution in [0.3, 0.4) is 0 Å². The maximum atomic E-state index is 13.0. The summed E-state index contributed by atoms with van der Waals surface area (Å²) >= 11 is 0. The Balaban J connectivity index is 1.51. The molecule has 2 aliphatic rings. The average molecular weight is 447 g/mol. The molecule has 0 aromatic heterocycles. The van der Waals surface area contributed by atoms with Gasteiger partial charge in [-0.25, -0.2) is 0 Å². The predicted octanol–water partition coefficient (Wildman–Crippen LogP) is 4.39. The zero-order chi connectivity index (χ0) is 23.0. The van der Waals surface area contributed by atoms with Gasteiger partial charge in [0.25, 0.3) is 0 Å². The highest BCUT2D eigenvalue weighted by atomic mass is 16.6. The minimum Gasteiger partial charge on any atom is -0.461 e. The Bertz CT molecular complexity index is 689. The van der Waals surface area contributed by atoms with Crippen molar-refractivity contribution in [3.05, 3.63) is 35.4 Å². The van der Waals surface area contributed by atoms with Gasteiger partial charge in [0, 0.05) is 13.1 Å². The van der Waals surface area contributed by atoms with E-state index in [1.165, 1.54) is 32.1 Å². The van der Waals surface area contributed by atoms with Crippen LogP contribution in [0.1, 0.15) is 89.7 Å². The van der Waals surface area contributed by atoms with Crippen molar-refractivity contribution in [2.75, 3.05) is 0 Å². The van der Waals surface area contributed by atoms with E-state index in [2.05, 4.69) is 22.8 Å². The summed E-state index contributed by atoms with van der Waals surface area (Å²) in [7, 11) is 0. The van der Waals surface area contributed by atoms with Gasteiger partial charge >= 0.3 is 5.97 Å². The van der Waals surface area contributed by atoms with Gasteiger partial charge in [-0.15, -0.1) is 0 Å². The molecule has 0 aliphatic heterocycles. The van der Waals surface area contributed by atoms with Crippen molar-refractivity contribution in [2.45, 2.75) is 116 Å². The van der Waals surface area contributed by atoms with Gasteiger partial charge in [-0.2, -0.15) is 0 Å². The highest BCUT2D eigenvalue weighted by molar-refractivity contribution is 5.76. The molecular formula is C26H42N2O4. The van der Waals surface area contributed by atoms with Gasteiger partial charge in [0.05, 0.1) is 5.60 Å². The molecule has 180 valence electrons. The lowest BCUT2D eigenvalue weighted by Crippen LogP contribution is -2.45. The van der Waals surface area contributed by atoms with Crippen molar-refractivity contribution in [1.29, 1.82) is 0 Å². The first kappa shape index (κ1) is 25.2. The molecule has 1 unspecified atom stereocenters. The second-order valence-corrected chi connectivity index (χ2v) is 10.4. The fraction of sp³-hybridized carbons (Fsp3) is 0.731. The normalized spacial score (nSPS) is 20.2. The maximum Gasteiger partial charge on any atom is 0.323 e. The van der Waals surface area contributed by atoms with Gasteiger partial charge < -0.3 is 19.9 Å². The number of benzene rings is 1. The maximum absolute atomic E-state index is 13.0. The average Bonchev–Trinajstić information content (AvgIpc) is 3.26. The number of ether oxygens (including phenoxy) is 2. The third-order valence-electron chi connectivity index (χ3n) is 6.46. The van der Waals surface area contributed by atoms with Crippen molar-refractivity contribution >= 4 is 5.97 Å². The van der Waals surface area contributed by atoms with E-state index in [9.17, 15) is 9.90 Å². The van der Waals surface area contributed by atoms with Gasteiger partial charge in [-0.3, -0.25) is 10.1 Å². The molecule has 3 N–H and O–H groups in total. The van der Waals surface area contributed by atoms with Crippen molar-refractivity contribution in [1.82, 2.24) is 10.6 Å². The van der Waals surface area contributed by atoms with Gasteiger partial charge in [-0.05, 0) is 76.3 Å². The van der Waals surface area contributed by atoms with Crippen LogP contribution in [-0.4, -0.2) is 35.2 Å². The summed E-state index contributed by atoms with van der Waals surface area (Å²) in [5.74, 6) is 0.308. The van der Waals surface area contributed by atoms with E-state index >= 15 is 0 Å². The van der Waals surface area contributed by atoms with Crippen LogP contribution in [0.15, 0.2) is 24.3 Å². The Morgan fingerprint density at radius 2 is 1.47 bits per heavy atom. The van der Waals surface area contributed by atoms with Gasteiger partial charge in [0.15, 0.2) is 0 Å². The molecule has 1 aromatic rings.